The first-order valence-electron chi connectivity index (χ1n) is 6.96. The molecule has 0 radical (unpaired) electrons. The highest BCUT2D eigenvalue weighted by molar-refractivity contribution is 5.18. The summed E-state index contributed by atoms with van der Waals surface area (Å²) in [7, 11) is 0. The minimum atomic E-state index is 0.445. The molecule has 0 amide bonds. The van der Waals surface area contributed by atoms with Crippen LogP contribution in [0.15, 0.2) is 30.3 Å². The van der Waals surface area contributed by atoms with E-state index in [1.807, 2.05) is 0 Å². The number of benzene rings is 1. The van der Waals surface area contributed by atoms with Gasteiger partial charge in [-0.05, 0) is 24.8 Å². The summed E-state index contributed by atoms with van der Waals surface area (Å²) in [5.41, 5.74) is 1.38. The third kappa shape index (κ3) is 4.91. The van der Waals surface area contributed by atoms with Gasteiger partial charge in [-0.15, -0.1) is 0 Å². The fraction of sp³-hybridized carbons (Fsp3) is 0.625. The highest BCUT2D eigenvalue weighted by atomic mass is 14.9. The lowest BCUT2D eigenvalue weighted by atomic mass is 9.96. The molecular formula is C16H27N. The topological polar surface area (TPSA) is 12.0 Å². The van der Waals surface area contributed by atoms with E-state index in [-0.39, 0.29) is 0 Å². The van der Waals surface area contributed by atoms with E-state index < -0.39 is 0 Å². The number of hydrogen-bond acceptors (Lipinski definition) is 1. The van der Waals surface area contributed by atoms with Crippen LogP contribution in [0.3, 0.4) is 0 Å². The maximum Gasteiger partial charge on any atom is 0.0294 e. The molecule has 0 heterocycles. The minimum absolute atomic E-state index is 0.445. The zero-order valence-corrected chi connectivity index (χ0v) is 11.7. The molecule has 1 aromatic rings. The van der Waals surface area contributed by atoms with Crippen LogP contribution in [0.2, 0.25) is 0 Å². The molecule has 96 valence electrons. The van der Waals surface area contributed by atoms with Gasteiger partial charge in [-0.3, -0.25) is 0 Å². The minimum Gasteiger partial charge on any atom is -0.307 e. The van der Waals surface area contributed by atoms with Crippen molar-refractivity contribution in [1.29, 1.82) is 0 Å². The summed E-state index contributed by atoms with van der Waals surface area (Å²) < 4.78 is 0. The second-order valence-electron chi connectivity index (χ2n) is 5.29. The number of hydrogen-bond donors (Lipinski definition) is 1. The van der Waals surface area contributed by atoms with Crippen molar-refractivity contribution in [3.8, 4) is 0 Å². The van der Waals surface area contributed by atoms with Crippen molar-refractivity contribution in [2.24, 2.45) is 5.92 Å². The Hall–Kier alpha value is -0.820. The molecule has 0 spiro atoms. The largest absolute Gasteiger partial charge is 0.307 e. The third-order valence-electron chi connectivity index (χ3n) is 3.44. The van der Waals surface area contributed by atoms with E-state index in [0.717, 1.165) is 0 Å². The van der Waals surface area contributed by atoms with E-state index in [9.17, 15) is 0 Å². The Balaban J connectivity index is 2.54. The average Bonchev–Trinajstić information content (AvgIpc) is 2.35. The first-order chi connectivity index (χ1) is 8.15. The van der Waals surface area contributed by atoms with Gasteiger partial charge in [0.05, 0.1) is 0 Å². The molecule has 0 aliphatic heterocycles. The SMILES string of the molecule is CCCC[C@@H](N[C@@H](C)c1ccccc1)C(C)C. The van der Waals surface area contributed by atoms with Crippen LogP contribution in [0.5, 0.6) is 0 Å². The van der Waals surface area contributed by atoms with E-state index in [1.165, 1.54) is 24.8 Å². The Morgan fingerprint density at radius 1 is 1.06 bits per heavy atom. The van der Waals surface area contributed by atoms with E-state index in [0.29, 0.717) is 18.0 Å². The molecule has 1 nitrogen and oxygen atoms in total. The molecule has 17 heavy (non-hydrogen) atoms. The quantitative estimate of drug-likeness (QED) is 0.728. The van der Waals surface area contributed by atoms with Gasteiger partial charge in [0.2, 0.25) is 0 Å². The monoisotopic (exact) mass is 233 g/mol. The molecule has 0 saturated heterocycles. The van der Waals surface area contributed by atoms with Crippen LogP contribution in [0.25, 0.3) is 0 Å². The number of unbranched alkanes of at least 4 members (excludes halogenated alkanes) is 1. The predicted octanol–water partition coefficient (Wildman–Crippen LogP) is 4.55. The third-order valence-corrected chi connectivity index (χ3v) is 3.44. The summed E-state index contributed by atoms with van der Waals surface area (Å²) >= 11 is 0. The van der Waals surface area contributed by atoms with Crippen LogP contribution >= 0.6 is 0 Å². The van der Waals surface area contributed by atoms with E-state index in [4.69, 9.17) is 0 Å². The Morgan fingerprint density at radius 2 is 1.71 bits per heavy atom. The number of rotatable bonds is 7. The zero-order chi connectivity index (χ0) is 12.7. The van der Waals surface area contributed by atoms with E-state index >= 15 is 0 Å². The summed E-state index contributed by atoms with van der Waals surface area (Å²) in [6.07, 6.45) is 3.88. The van der Waals surface area contributed by atoms with Crippen LogP contribution in [-0.4, -0.2) is 6.04 Å². The first-order valence-corrected chi connectivity index (χ1v) is 6.96. The van der Waals surface area contributed by atoms with Crippen LogP contribution in [0.1, 0.15) is 58.6 Å². The highest BCUT2D eigenvalue weighted by Gasteiger charge is 2.15. The standard InChI is InChI=1S/C16H27N/c1-5-6-12-16(13(2)3)17-14(4)15-10-8-7-9-11-15/h7-11,13-14,16-17H,5-6,12H2,1-4H3/t14-,16+/m0/s1. The lowest BCUT2D eigenvalue weighted by Crippen LogP contribution is -2.35. The van der Waals surface area contributed by atoms with Crippen LogP contribution < -0.4 is 5.32 Å². The van der Waals surface area contributed by atoms with Crippen LogP contribution in [0, 0.1) is 5.92 Å². The summed E-state index contributed by atoms with van der Waals surface area (Å²) in [5.74, 6) is 0.702. The predicted molar refractivity (Wildman–Crippen MR) is 76.1 cm³/mol. The fourth-order valence-electron chi connectivity index (χ4n) is 2.19. The zero-order valence-electron chi connectivity index (χ0n) is 11.7. The van der Waals surface area contributed by atoms with Crippen molar-refractivity contribution in [2.75, 3.05) is 0 Å². The highest BCUT2D eigenvalue weighted by Crippen LogP contribution is 2.17. The molecule has 2 atom stereocenters. The van der Waals surface area contributed by atoms with Crippen LogP contribution in [-0.2, 0) is 0 Å². The molecule has 0 bridgehead atoms. The van der Waals surface area contributed by atoms with Gasteiger partial charge in [0.25, 0.3) is 0 Å². The average molecular weight is 233 g/mol. The smallest absolute Gasteiger partial charge is 0.0294 e. The van der Waals surface area contributed by atoms with Gasteiger partial charge in [-0.25, -0.2) is 0 Å². The molecular weight excluding hydrogens is 206 g/mol. The Bertz CT molecular complexity index is 292. The van der Waals surface area contributed by atoms with Crippen LogP contribution in [0.4, 0.5) is 0 Å². The Labute approximate surface area is 107 Å². The Morgan fingerprint density at radius 3 is 2.24 bits per heavy atom. The lowest BCUT2D eigenvalue weighted by Gasteiger charge is -2.26. The Kier molecular flexibility index (Phi) is 6.28. The van der Waals surface area contributed by atoms with E-state index in [2.05, 4.69) is 63.3 Å². The van der Waals surface area contributed by atoms with Gasteiger partial charge in [0, 0.05) is 12.1 Å². The first kappa shape index (κ1) is 14.2. The second-order valence-corrected chi connectivity index (χ2v) is 5.29. The van der Waals surface area contributed by atoms with Gasteiger partial charge in [-0.1, -0.05) is 63.9 Å². The molecule has 1 rings (SSSR count). The summed E-state index contributed by atoms with van der Waals surface area (Å²) in [6.45, 7) is 9.14. The van der Waals surface area contributed by atoms with Gasteiger partial charge in [0.1, 0.15) is 0 Å². The van der Waals surface area contributed by atoms with Gasteiger partial charge < -0.3 is 5.32 Å². The molecule has 0 aliphatic carbocycles. The number of nitrogens with one attached hydrogen (secondary N) is 1. The normalized spacial score (nSPS) is 14.9. The van der Waals surface area contributed by atoms with Gasteiger partial charge >= 0.3 is 0 Å². The van der Waals surface area contributed by atoms with Crippen molar-refractivity contribution < 1.29 is 0 Å². The molecule has 0 aliphatic rings. The maximum atomic E-state index is 3.77. The van der Waals surface area contributed by atoms with Crippen molar-refractivity contribution >= 4 is 0 Å². The second kappa shape index (κ2) is 7.50. The molecule has 0 fully saturated rings. The molecule has 1 heteroatoms. The van der Waals surface area contributed by atoms with Gasteiger partial charge in [0.15, 0.2) is 0 Å². The van der Waals surface area contributed by atoms with Crippen molar-refractivity contribution in [1.82, 2.24) is 5.32 Å². The fourth-order valence-corrected chi connectivity index (χ4v) is 2.19. The summed E-state index contributed by atoms with van der Waals surface area (Å²) in [5, 5.41) is 3.77. The molecule has 0 unspecified atom stereocenters. The van der Waals surface area contributed by atoms with Gasteiger partial charge in [-0.2, -0.15) is 0 Å². The molecule has 1 N–H and O–H groups in total. The van der Waals surface area contributed by atoms with Crippen molar-refractivity contribution in [2.45, 2.75) is 59.0 Å². The van der Waals surface area contributed by atoms with Crippen molar-refractivity contribution in [3.05, 3.63) is 35.9 Å². The lowest BCUT2D eigenvalue weighted by molar-refractivity contribution is 0.339. The maximum absolute atomic E-state index is 3.77. The van der Waals surface area contributed by atoms with E-state index in [1.54, 1.807) is 0 Å². The summed E-state index contributed by atoms with van der Waals surface area (Å²) in [6, 6.07) is 11.8. The molecule has 0 aromatic heterocycles. The summed E-state index contributed by atoms with van der Waals surface area (Å²) in [4.78, 5) is 0. The molecule has 1 aromatic carbocycles. The van der Waals surface area contributed by atoms with Crippen molar-refractivity contribution in [3.63, 3.8) is 0 Å². The molecule has 0 saturated carbocycles.